The van der Waals surface area contributed by atoms with Crippen molar-refractivity contribution < 1.29 is 4.39 Å². The largest absolute Gasteiger partial charge is 0.331 e. The van der Waals surface area contributed by atoms with E-state index in [9.17, 15) is 4.39 Å². The zero-order valence-corrected chi connectivity index (χ0v) is 13.5. The summed E-state index contributed by atoms with van der Waals surface area (Å²) in [6, 6.07) is 3.47. The molecule has 2 atom stereocenters. The van der Waals surface area contributed by atoms with Gasteiger partial charge in [0.15, 0.2) is 4.77 Å². The van der Waals surface area contributed by atoms with Gasteiger partial charge in [0.25, 0.3) is 0 Å². The molecule has 1 saturated carbocycles. The molecule has 0 aliphatic heterocycles. The normalized spacial score (nSPS) is 22.8. The average Bonchev–Trinajstić information content (AvgIpc) is 2.95. The summed E-state index contributed by atoms with van der Waals surface area (Å²) >= 11 is 13.3. The van der Waals surface area contributed by atoms with E-state index in [1.165, 1.54) is 18.9 Å². The highest BCUT2D eigenvalue weighted by Crippen LogP contribution is 2.40. The topological polar surface area (TPSA) is 20.7 Å². The standard InChI is InChI=1S/C14H16ClFN2S2/c1-2-20-13-5-3-4-11(13)18-12-7-9(16)8(15)6-10(12)17-14(18)19/h6-7,11,13H,2-5H2,1H3,(H,17,19). The van der Waals surface area contributed by atoms with Crippen molar-refractivity contribution >= 4 is 46.6 Å². The van der Waals surface area contributed by atoms with Gasteiger partial charge in [-0.2, -0.15) is 11.8 Å². The zero-order valence-electron chi connectivity index (χ0n) is 11.2. The predicted molar refractivity (Wildman–Crippen MR) is 86.9 cm³/mol. The lowest BCUT2D eigenvalue weighted by Gasteiger charge is -2.21. The molecule has 3 rings (SSSR count). The highest BCUT2D eigenvalue weighted by Gasteiger charge is 2.30. The van der Waals surface area contributed by atoms with Crippen molar-refractivity contribution in [1.82, 2.24) is 9.55 Å². The van der Waals surface area contributed by atoms with Gasteiger partial charge in [-0.25, -0.2) is 4.39 Å². The third kappa shape index (κ3) is 2.40. The molecule has 2 aromatic rings. The van der Waals surface area contributed by atoms with Crippen LogP contribution in [0.15, 0.2) is 12.1 Å². The number of hydrogen-bond donors (Lipinski definition) is 1. The van der Waals surface area contributed by atoms with Crippen LogP contribution in [0.1, 0.15) is 32.2 Å². The monoisotopic (exact) mass is 330 g/mol. The summed E-state index contributed by atoms with van der Waals surface area (Å²) in [6.45, 7) is 2.17. The van der Waals surface area contributed by atoms with Crippen molar-refractivity contribution in [3.63, 3.8) is 0 Å². The van der Waals surface area contributed by atoms with Crippen LogP contribution < -0.4 is 0 Å². The molecule has 2 nitrogen and oxygen atoms in total. The van der Waals surface area contributed by atoms with Gasteiger partial charge >= 0.3 is 0 Å². The molecular weight excluding hydrogens is 315 g/mol. The van der Waals surface area contributed by atoms with Gasteiger partial charge < -0.3 is 9.55 Å². The molecule has 1 aromatic carbocycles. The van der Waals surface area contributed by atoms with E-state index in [1.807, 2.05) is 11.8 Å². The Labute approximate surface area is 131 Å². The smallest absolute Gasteiger partial charge is 0.178 e. The van der Waals surface area contributed by atoms with Gasteiger partial charge in [-0.15, -0.1) is 0 Å². The molecule has 20 heavy (non-hydrogen) atoms. The molecule has 0 saturated heterocycles. The number of benzene rings is 1. The van der Waals surface area contributed by atoms with Crippen LogP contribution in [-0.2, 0) is 0 Å². The lowest BCUT2D eigenvalue weighted by atomic mass is 10.2. The van der Waals surface area contributed by atoms with E-state index in [2.05, 4.69) is 16.5 Å². The Balaban J connectivity index is 2.13. The number of fused-ring (bicyclic) bond motifs is 1. The Morgan fingerprint density at radius 1 is 1.50 bits per heavy atom. The molecule has 0 spiro atoms. The van der Waals surface area contributed by atoms with Crippen molar-refractivity contribution in [2.24, 2.45) is 0 Å². The highest BCUT2D eigenvalue weighted by atomic mass is 35.5. The van der Waals surface area contributed by atoms with Crippen molar-refractivity contribution in [2.75, 3.05) is 5.75 Å². The van der Waals surface area contributed by atoms with Crippen LogP contribution in [-0.4, -0.2) is 20.6 Å². The fourth-order valence-corrected chi connectivity index (χ4v) is 4.81. The second kappa shape index (κ2) is 5.70. The Kier molecular flexibility index (Phi) is 4.11. The maximum absolute atomic E-state index is 13.8. The van der Waals surface area contributed by atoms with Crippen molar-refractivity contribution in [3.05, 3.63) is 27.7 Å². The number of halogens is 2. The number of rotatable bonds is 3. The number of aromatic nitrogens is 2. The predicted octanol–water partition coefficient (Wildman–Crippen LogP) is 5.34. The van der Waals surface area contributed by atoms with E-state index < -0.39 is 0 Å². The van der Waals surface area contributed by atoms with Crippen LogP contribution in [0, 0.1) is 10.6 Å². The van der Waals surface area contributed by atoms with Gasteiger partial charge in [0.1, 0.15) is 5.82 Å². The van der Waals surface area contributed by atoms with Gasteiger partial charge in [-0.3, -0.25) is 0 Å². The van der Waals surface area contributed by atoms with Crippen LogP contribution in [0.3, 0.4) is 0 Å². The molecule has 0 bridgehead atoms. The fraction of sp³-hybridized carbons (Fsp3) is 0.500. The molecule has 108 valence electrons. The van der Waals surface area contributed by atoms with Crippen LogP contribution in [0.5, 0.6) is 0 Å². The third-order valence-corrected chi connectivity index (χ3v) is 5.79. The van der Waals surface area contributed by atoms with Gasteiger partial charge in [0, 0.05) is 17.4 Å². The van der Waals surface area contributed by atoms with Gasteiger partial charge in [-0.05, 0) is 36.9 Å². The van der Waals surface area contributed by atoms with Crippen LogP contribution in [0.25, 0.3) is 11.0 Å². The number of nitrogens with zero attached hydrogens (tertiary/aromatic N) is 1. The zero-order chi connectivity index (χ0) is 14.3. The molecule has 1 fully saturated rings. The van der Waals surface area contributed by atoms with Crippen LogP contribution >= 0.6 is 35.6 Å². The molecule has 1 aliphatic carbocycles. The SMILES string of the molecule is CCSC1CCCC1n1c(=S)[nH]c2cc(Cl)c(F)cc21. The Bertz CT molecular complexity index is 694. The summed E-state index contributed by atoms with van der Waals surface area (Å²) in [5, 5.41) is 0.691. The molecule has 1 aliphatic rings. The number of nitrogens with one attached hydrogen (secondary N) is 1. The molecule has 1 aromatic heterocycles. The number of hydrogen-bond acceptors (Lipinski definition) is 2. The minimum atomic E-state index is -0.389. The Hall–Kier alpha value is -0.520. The molecule has 0 amide bonds. The first-order chi connectivity index (χ1) is 9.61. The van der Waals surface area contributed by atoms with Gasteiger partial charge in [0.05, 0.1) is 16.1 Å². The molecular formula is C14H16ClFN2S2. The summed E-state index contributed by atoms with van der Waals surface area (Å²) in [7, 11) is 0. The van der Waals surface area contributed by atoms with Crippen molar-refractivity contribution in [2.45, 2.75) is 37.5 Å². The number of aromatic amines is 1. The van der Waals surface area contributed by atoms with Gasteiger partial charge in [0.2, 0.25) is 0 Å². The van der Waals surface area contributed by atoms with E-state index in [0.717, 1.165) is 23.2 Å². The van der Waals surface area contributed by atoms with Crippen LogP contribution in [0.2, 0.25) is 5.02 Å². The summed E-state index contributed by atoms with van der Waals surface area (Å²) < 4.78 is 16.5. The summed E-state index contributed by atoms with van der Waals surface area (Å²) in [6.07, 6.45) is 3.50. The third-order valence-electron chi connectivity index (χ3n) is 3.89. The Morgan fingerprint density at radius 3 is 3.05 bits per heavy atom. The van der Waals surface area contributed by atoms with Crippen molar-refractivity contribution in [3.8, 4) is 0 Å². The molecule has 1 heterocycles. The lowest BCUT2D eigenvalue weighted by molar-refractivity contribution is 0.535. The number of H-pyrrole nitrogens is 1. The molecule has 2 unspecified atom stereocenters. The summed E-state index contributed by atoms with van der Waals surface area (Å²) in [5.74, 6) is 0.705. The molecule has 0 radical (unpaired) electrons. The van der Waals surface area contributed by atoms with E-state index in [4.69, 9.17) is 23.8 Å². The second-order valence-electron chi connectivity index (χ2n) is 5.08. The average molecular weight is 331 g/mol. The van der Waals surface area contributed by atoms with Gasteiger partial charge in [-0.1, -0.05) is 24.9 Å². The van der Waals surface area contributed by atoms with E-state index in [1.54, 1.807) is 6.07 Å². The van der Waals surface area contributed by atoms with Crippen LogP contribution in [0.4, 0.5) is 4.39 Å². The summed E-state index contributed by atoms with van der Waals surface area (Å²) in [5.41, 5.74) is 1.64. The minimum Gasteiger partial charge on any atom is -0.331 e. The van der Waals surface area contributed by atoms with Crippen molar-refractivity contribution in [1.29, 1.82) is 0 Å². The lowest BCUT2D eigenvalue weighted by Crippen LogP contribution is -2.16. The highest BCUT2D eigenvalue weighted by molar-refractivity contribution is 7.99. The maximum atomic E-state index is 13.8. The first kappa shape index (κ1) is 14.4. The van der Waals surface area contributed by atoms with E-state index in [0.29, 0.717) is 16.1 Å². The fourth-order valence-electron chi connectivity index (χ4n) is 3.06. The van der Waals surface area contributed by atoms with E-state index >= 15 is 0 Å². The first-order valence-electron chi connectivity index (χ1n) is 6.82. The Morgan fingerprint density at radius 2 is 2.30 bits per heavy atom. The first-order valence-corrected chi connectivity index (χ1v) is 8.66. The molecule has 6 heteroatoms. The van der Waals surface area contributed by atoms with E-state index in [-0.39, 0.29) is 10.8 Å². The second-order valence-corrected chi connectivity index (χ2v) is 7.39. The summed E-state index contributed by atoms with van der Waals surface area (Å²) in [4.78, 5) is 3.15. The number of thioether (sulfide) groups is 1. The quantitative estimate of drug-likeness (QED) is 0.767. The maximum Gasteiger partial charge on any atom is 0.178 e. The molecule has 1 N–H and O–H groups in total. The minimum absolute atomic E-state index is 0.131. The number of imidazole rings is 1.